The lowest BCUT2D eigenvalue weighted by molar-refractivity contribution is 0.236. The molecule has 0 bridgehead atoms. The van der Waals surface area contributed by atoms with Gasteiger partial charge in [0, 0.05) is 43.3 Å². The van der Waals surface area contributed by atoms with Crippen molar-refractivity contribution in [1.29, 1.82) is 0 Å². The molecule has 5 heteroatoms. The van der Waals surface area contributed by atoms with Gasteiger partial charge in [-0.2, -0.15) is 0 Å². The molecule has 5 nitrogen and oxygen atoms in total. The summed E-state index contributed by atoms with van der Waals surface area (Å²) in [6.45, 7) is 6.60. The van der Waals surface area contributed by atoms with Crippen LogP contribution >= 0.6 is 0 Å². The van der Waals surface area contributed by atoms with Crippen molar-refractivity contribution in [1.82, 2.24) is 20.5 Å². The van der Waals surface area contributed by atoms with Crippen LogP contribution in [0, 0.1) is 0 Å². The molecule has 1 unspecified atom stereocenters. The number of rotatable bonds is 7. The highest BCUT2D eigenvalue weighted by molar-refractivity contribution is 5.83. The zero-order valence-corrected chi connectivity index (χ0v) is 15.5. The van der Waals surface area contributed by atoms with Crippen LogP contribution in [0.2, 0.25) is 0 Å². The number of hydrogen-bond donors (Lipinski definition) is 3. The topological polar surface area (TPSA) is 55.5 Å². The molecule has 1 saturated heterocycles. The van der Waals surface area contributed by atoms with Crippen molar-refractivity contribution in [3.05, 3.63) is 36.0 Å². The van der Waals surface area contributed by atoms with Gasteiger partial charge < -0.3 is 15.6 Å². The Balaban J connectivity index is 1.46. The van der Waals surface area contributed by atoms with Crippen LogP contribution in [0.5, 0.6) is 0 Å². The van der Waals surface area contributed by atoms with Gasteiger partial charge in [-0.1, -0.05) is 25.1 Å². The van der Waals surface area contributed by atoms with E-state index in [2.05, 4.69) is 62.9 Å². The highest BCUT2D eigenvalue weighted by Crippen LogP contribution is 2.17. The predicted molar refractivity (Wildman–Crippen MR) is 106 cm³/mol. The second-order valence-electron chi connectivity index (χ2n) is 6.79. The maximum atomic E-state index is 4.37. The highest BCUT2D eigenvalue weighted by atomic mass is 15.2. The van der Waals surface area contributed by atoms with E-state index in [4.69, 9.17) is 0 Å². The van der Waals surface area contributed by atoms with Crippen molar-refractivity contribution in [3.63, 3.8) is 0 Å². The molecule has 0 radical (unpaired) electrons. The van der Waals surface area contributed by atoms with Crippen molar-refractivity contribution in [2.75, 3.05) is 33.2 Å². The number of aliphatic imine (C=N–C) groups is 1. The number of nitrogens with one attached hydrogen (secondary N) is 3. The van der Waals surface area contributed by atoms with Gasteiger partial charge in [0.05, 0.1) is 0 Å². The summed E-state index contributed by atoms with van der Waals surface area (Å²) in [7, 11) is 1.85. The first kappa shape index (κ1) is 17.8. The molecule has 0 aliphatic carbocycles. The monoisotopic (exact) mass is 341 g/mol. The van der Waals surface area contributed by atoms with E-state index in [1.54, 1.807) is 0 Å². The minimum atomic E-state index is 0.606. The maximum absolute atomic E-state index is 4.37. The fraction of sp³-hybridized carbons (Fsp3) is 0.550. The van der Waals surface area contributed by atoms with E-state index in [9.17, 15) is 0 Å². The van der Waals surface area contributed by atoms with Crippen molar-refractivity contribution in [3.8, 4) is 0 Å². The maximum Gasteiger partial charge on any atom is 0.191 e. The number of hydrogen-bond acceptors (Lipinski definition) is 2. The second-order valence-corrected chi connectivity index (χ2v) is 6.79. The van der Waals surface area contributed by atoms with Gasteiger partial charge in [0.2, 0.25) is 0 Å². The highest BCUT2D eigenvalue weighted by Gasteiger charge is 2.20. The summed E-state index contributed by atoms with van der Waals surface area (Å²) in [5, 5.41) is 8.27. The number of benzene rings is 1. The van der Waals surface area contributed by atoms with Gasteiger partial charge in [0.15, 0.2) is 5.96 Å². The summed E-state index contributed by atoms with van der Waals surface area (Å²) < 4.78 is 0. The normalized spacial score (nSPS) is 17.1. The molecule has 1 aromatic carbocycles. The molecule has 1 atom stereocenters. The minimum Gasteiger partial charge on any atom is -0.361 e. The third kappa shape index (κ3) is 4.54. The molecular weight excluding hydrogens is 310 g/mol. The summed E-state index contributed by atoms with van der Waals surface area (Å²) >= 11 is 0. The third-order valence-corrected chi connectivity index (χ3v) is 5.22. The van der Waals surface area contributed by atoms with Gasteiger partial charge in [0.25, 0.3) is 0 Å². The number of nitrogens with zero attached hydrogens (tertiary/aromatic N) is 2. The molecule has 3 rings (SSSR count). The zero-order valence-electron chi connectivity index (χ0n) is 15.5. The van der Waals surface area contributed by atoms with Crippen molar-refractivity contribution in [2.45, 2.75) is 38.6 Å². The Labute approximate surface area is 150 Å². The Hall–Kier alpha value is -2.01. The Morgan fingerprint density at radius 1 is 1.24 bits per heavy atom. The molecule has 1 aliphatic heterocycles. The molecular formula is C20H31N5. The molecule has 1 aromatic heterocycles. The standard InChI is InChI=1S/C20H31N5/c1-3-17(25-12-6-7-13-25)15-24-20(21-2)22-11-10-16-14-23-19-9-5-4-8-18(16)19/h4-5,8-9,14,17,23H,3,6-7,10-13,15H2,1-2H3,(H2,21,22,24). The lowest BCUT2D eigenvalue weighted by Crippen LogP contribution is -2.46. The van der Waals surface area contributed by atoms with Crippen LogP contribution in [-0.4, -0.2) is 55.1 Å². The first-order valence-electron chi connectivity index (χ1n) is 9.55. The number of para-hydroxylation sites is 1. The van der Waals surface area contributed by atoms with Gasteiger partial charge >= 0.3 is 0 Å². The van der Waals surface area contributed by atoms with E-state index in [0.717, 1.165) is 25.5 Å². The molecule has 0 saturated carbocycles. The SMILES string of the molecule is CCC(CNC(=NC)NCCc1c[nH]c2ccccc12)N1CCCC1. The summed E-state index contributed by atoms with van der Waals surface area (Å²) in [5.74, 6) is 0.900. The van der Waals surface area contributed by atoms with E-state index in [1.165, 1.54) is 48.8 Å². The summed E-state index contributed by atoms with van der Waals surface area (Å²) in [5.41, 5.74) is 2.55. The fourth-order valence-corrected chi connectivity index (χ4v) is 3.73. The Morgan fingerprint density at radius 2 is 2.04 bits per heavy atom. The van der Waals surface area contributed by atoms with Crippen LogP contribution < -0.4 is 10.6 Å². The van der Waals surface area contributed by atoms with Gasteiger partial charge in [-0.25, -0.2) is 0 Å². The van der Waals surface area contributed by atoms with Crippen LogP contribution in [0.3, 0.4) is 0 Å². The van der Waals surface area contributed by atoms with Gasteiger partial charge in [-0.05, 0) is 50.4 Å². The van der Waals surface area contributed by atoms with Crippen LogP contribution in [0.25, 0.3) is 10.9 Å². The smallest absolute Gasteiger partial charge is 0.191 e. The molecule has 1 fully saturated rings. The molecule has 136 valence electrons. The largest absolute Gasteiger partial charge is 0.361 e. The van der Waals surface area contributed by atoms with E-state index >= 15 is 0 Å². The summed E-state index contributed by atoms with van der Waals surface area (Å²) in [4.78, 5) is 10.3. The van der Waals surface area contributed by atoms with E-state index in [0.29, 0.717) is 6.04 Å². The Bertz CT molecular complexity index is 684. The predicted octanol–water partition coefficient (Wildman–Crippen LogP) is 2.75. The average molecular weight is 342 g/mol. The first-order chi connectivity index (χ1) is 12.3. The number of H-pyrrole nitrogens is 1. The van der Waals surface area contributed by atoms with E-state index in [1.807, 2.05) is 7.05 Å². The number of aromatic amines is 1. The quantitative estimate of drug-likeness (QED) is 0.536. The lowest BCUT2D eigenvalue weighted by Gasteiger charge is -2.27. The van der Waals surface area contributed by atoms with Gasteiger partial charge in [-0.3, -0.25) is 9.89 Å². The molecule has 2 aromatic rings. The van der Waals surface area contributed by atoms with Gasteiger partial charge in [-0.15, -0.1) is 0 Å². The molecule has 2 heterocycles. The van der Waals surface area contributed by atoms with Crippen LogP contribution in [0.15, 0.2) is 35.5 Å². The van der Waals surface area contributed by atoms with Gasteiger partial charge in [0.1, 0.15) is 0 Å². The van der Waals surface area contributed by atoms with Crippen molar-refractivity contribution >= 4 is 16.9 Å². The third-order valence-electron chi connectivity index (χ3n) is 5.22. The number of aromatic nitrogens is 1. The fourth-order valence-electron chi connectivity index (χ4n) is 3.73. The molecule has 1 aliphatic rings. The average Bonchev–Trinajstić information content (AvgIpc) is 3.31. The minimum absolute atomic E-state index is 0.606. The van der Waals surface area contributed by atoms with Crippen molar-refractivity contribution in [2.24, 2.45) is 4.99 Å². The summed E-state index contributed by atoms with van der Waals surface area (Å²) in [6, 6.07) is 9.06. The van der Waals surface area contributed by atoms with Crippen LogP contribution in [0.4, 0.5) is 0 Å². The van der Waals surface area contributed by atoms with E-state index in [-0.39, 0.29) is 0 Å². The zero-order chi connectivity index (χ0) is 17.5. The first-order valence-corrected chi connectivity index (χ1v) is 9.55. The van der Waals surface area contributed by atoms with E-state index < -0.39 is 0 Å². The molecule has 25 heavy (non-hydrogen) atoms. The number of guanidine groups is 1. The van der Waals surface area contributed by atoms with Crippen LogP contribution in [-0.2, 0) is 6.42 Å². The van der Waals surface area contributed by atoms with Crippen LogP contribution in [0.1, 0.15) is 31.7 Å². The molecule has 0 amide bonds. The number of fused-ring (bicyclic) bond motifs is 1. The molecule has 3 N–H and O–H groups in total. The van der Waals surface area contributed by atoms with Crippen molar-refractivity contribution < 1.29 is 0 Å². The Kier molecular flexibility index (Phi) is 6.34. The second kappa shape index (κ2) is 8.90. The summed E-state index contributed by atoms with van der Waals surface area (Å²) in [6.07, 6.45) is 6.96. The number of likely N-dealkylation sites (tertiary alicyclic amines) is 1. The lowest BCUT2D eigenvalue weighted by atomic mass is 10.1. The Morgan fingerprint density at radius 3 is 2.80 bits per heavy atom. The molecule has 0 spiro atoms.